The summed E-state index contributed by atoms with van der Waals surface area (Å²) in [6.07, 6.45) is 5.45. The summed E-state index contributed by atoms with van der Waals surface area (Å²) in [6.45, 7) is 3.12. The summed E-state index contributed by atoms with van der Waals surface area (Å²) < 4.78 is 0. The largest absolute Gasteiger partial charge is 0.339 e. The number of anilines is 1. The Morgan fingerprint density at radius 1 is 0.968 bits per heavy atom. The fraction of sp³-hybridized carbons (Fsp3) is 0.280. The van der Waals surface area contributed by atoms with E-state index >= 15 is 0 Å². The Hall–Kier alpha value is -2.89. The molecule has 5 rings (SSSR count). The number of carbonyl (C=O) groups is 1. The van der Waals surface area contributed by atoms with E-state index in [1.807, 2.05) is 54.9 Å². The van der Waals surface area contributed by atoms with Gasteiger partial charge >= 0.3 is 0 Å². The van der Waals surface area contributed by atoms with Gasteiger partial charge in [0.05, 0.1) is 6.67 Å². The lowest BCUT2D eigenvalue weighted by Crippen LogP contribution is -2.56. The van der Waals surface area contributed by atoms with Crippen molar-refractivity contribution >= 4 is 23.2 Å². The molecule has 1 aromatic heterocycles. The van der Waals surface area contributed by atoms with Crippen LogP contribution in [0, 0.1) is 0 Å². The highest BCUT2D eigenvalue weighted by Crippen LogP contribution is 2.37. The standard InChI is InChI=1S/C25H25ClN4O/c26-22-6-8-23(9-7-22)30-18-28-24(31)25(30)10-12-29(13-11-25)17-19-14-21(16-27-15-19)20-4-2-1-3-5-20/h1-9,14-16H,10-13,17-18H2,(H,28,31). The summed E-state index contributed by atoms with van der Waals surface area (Å²) in [6, 6.07) is 20.3. The highest BCUT2D eigenvalue weighted by molar-refractivity contribution is 6.30. The number of halogens is 1. The molecule has 2 fully saturated rings. The molecule has 3 heterocycles. The normalized spacial score (nSPS) is 18.4. The molecule has 0 aliphatic carbocycles. The molecule has 31 heavy (non-hydrogen) atoms. The minimum absolute atomic E-state index is 0.134. The second-order valence-corrected chi connectivity index (χ2v) is 8.76. The molecular formula is C25H25ClN4O. The van der Waals surface area contributed by atoms with Crippen LogP contribution in [0.5, 0.6) is 0 Å². The van der Waals surface area contributed by atoms with Gasteiger partial charge in [0.1, 0.15) is 5.54 Å². The van der Waals surface area contributed by atoms with Crippen molar-refractivity contribution in [2.24, 2.45) is 0 Å². The van der Waals surface area contributed by atoms with Crippen molar-refractivity contribution in [2.75, 3.05) is 24.7 Å². The van der Waals surface area contributed by atoms with Crippen LogP contribution in [0.2, 0.25) is 5.02 Å². The number of pyridine rings is 1. The second-order valence-electron chi connectivity index (χ2n) is 8.32. The first-order valence-electron chi connectivity index (χ1n) is 10.7. The van der Waals surface area contributed by atoms with Gasteiger partial charge in [0.15, 0.2) is 0 Å². The Morgan fingerprint density at radius 3 is 2.45 bits per heavy atom. The fourth-order valence-corrected chi connectivity index (χ4v) is 4.87. The summed E-state index contributed by atoms with van der Waals surface area (Å²) in [5, 5.41) is 3.76. The van der Waals surface area contributed by atoms with Crippen LogP contribution in [-0.4, -0.2) is 41.1 Å². The Balaban J connectivity index is 1.29. The number of nitrogens with zero attached hydrogens (tertiary/aromatic N) is 3. The lowest BCUT2D eigenvalue weighted by molar-refractivity contribution is -0.125. The van der Waals surface area contributed by atoms with Crippen molar-refractivity contribution in [1.29, 1.82) is 0 Å². The van der Waals surface area contributed by atoms with Crippen molar-refractivity contribution in [3.8, 4) is 11.1 Å². The Labute approximate surface area is 187 Å². The van der Waals surface area contributed by atoms with Gasteiger partial charge in [-0.3, -0.25) is 14.7 Å². The Bertz CT molecular complexity index is 1060. The van der Waals surface area contributed by atoms with Crippen LogP contribution in [0.15, 0.2) is 73.1 Å². The minimum atomic E-state index is -0.478. The molecule has 0 atom stereocenters. The number of benzene rings is 2. The lowest BCUT2D eigenvalue weighted by Gasteiger charge is -2.43. The van der Waals surface area contributed by atoms with Gasteiger partial charge in [0.2, 0.25) is 5.91 Å². The third-order valence-corrected chi connectivity index (χ3v) is 6.72. The van der Waals surface area contributed by atoms with Crippen LogP contribution in [-0.2, 0) is 11.3 Å². The third kappa shape index (κ3) is 3.91. The van der Waals surface area contributed by atoms with Gasteiger partial charge in [-0.1, -0.05) is 41.9 Å². The predicted octanol–water partition coefficient (Wildman–Crippen LogP) is 4.33. The summed E-state index contributed by atoms with van der Waals surface area (Å²) in [5.41, 5.74) is 4.07. The van der Waals surface area contributed by atoms with E-state index in [1.54, 1.807) is 0 Å². The van der Waals surface area contributed by atoms with Crippen molar-refractivity contribution in [3.63, 3.8) is 0 Å². The summed E-state index contributed by atoms with van der Waals surface area (Å²) >= 11 is 6.06. The van der Waals surface area contributed by atoms with E-state index in [9.17, 15) is 4.79 Å². The van der Waals surface area contributed by atoms with E-state index in [4.69, 9.17) is 11.6 Å². The molecule has 2 saturated heterocycles. The van der Waals surface area contributed by atoms with Crippen LogP contribution in [0.25, 0.3) is 11.1 Å². The maximum atomic E-state index is 12.9. The molecule has 2 aliphatic rings. The monoisotopic (exact) mass is 432 g/mol. The molecule has 2 aromatic carbocycles. The van der Waals surface area contributed by atoms with E-state index in [2.05, 4.69) is 38.3 Å². The lowest BCUT2D eigenvalue weighted by atomic mass is 9.85. The number of nitrogens with one attached hydrogen (secondary N) is 1. The second kappa shape index (κ2) is 8.33. The number of hydrogen-bond donors (Lipinski definition) is 1. The number of carbonyl (C=O) groups excluding carboxylic acids is 1. The molecule has 1 amide bonds. The molecule has 0 bridgehead atoms. The average molecular weight is 433 g/mol. The van der Waals surface area contributed by atoms with Crippen molar-refractivity contribution in [3.05, 3.63) is 83.6 Å². The summed E-state index contributed by atoms with van der Waals surface area (Å²) in [4.78, 5) is 21.9. The highest BCUT2D eigenvalue weighted by atomic mass is 35.5. The van der Waals surface area contributed by atoms with Gasteiger partial charge in [-0.15, -0.1) is 0 Å². The SMILES string of the molecule is O=C1NCN(c2ccc(Cl)cc2)C12CCN(Cc1cncc(-c3ccccc3)c1)CC2. The van der Waals surface area contributed by atoms with Crippen LogP contribution in [0.3, 0.4) is 0 Å². The zero-order valence-corrected chi connectivity index (χ0v) is 18.1. The molecule has 0 unspecified atom stereocenters. The first-order chi connectivity index (χ1) is 15.1. The van der Waals surface area contributed by atoms with E-state index in [0.717, 1.165) is 43.7 Å². The molecule has 0 radical (unpaired) electrons. The number of likely N-dealkylation sites (tertiary alicyclic amines) is 1. The van der Waals surface area contributed by atoms with Gasteiger partial charge < -0.3 is 10.2 Å². The van der Waals surface area contributed by atoms with Gasteiger partial charge in [0, 0.05) is 48.3 Å². The number of amides is 1. The molecule has 2 aliphatic heterocycles. The van der Waals surface area contributed by atoms with Crippen molar-refractivity contribution in [2.45, 2.75) is 24.9 Å². The van der Waals surface area contributed by atoms with E-state index in [1.165, 1.54) is 11.1 Å². The van der Waals surface area contributed by atoms with E-state index in [-0.39, 0.29) is 5.91 Å². The van der Waals surface area contributed by atoms with E-state index in [0.29, 0.717) is 11.7 Å². The first-order valence-corrected chi connectivity index (χ1v) is 11.1. The van der Waals surface area contributed by atoms with Crippen molar-refractivity contribution in [1.82, 2.24) is 15.2 Å². The molecule has 3 aromatic rings. The summed E-state index contributed by atoms with van der Waals surface area (Å²) in [7, 11) is 0. The zero-order chi connectivity index (χ0) is 21.3. The third-order valence-electron chi connectivity index (χ3n) is 6.47. The molecule has 0 saturated carbocycles. The zero-order valence-electron chi connectivity index (χ0n) is 17.3. The fourth-order valence-electron chi connectivity index (χ4n) is 4.75. The highest BCUT2D eigenvalue weighted by Gasteiger charge is 2.50. The minimum Gasteiger partial charge on any atom is -0.339 e. The predicted molar refractivity (Wildman–Crippen MR) is 124 cm³/mol. The molecule has 6 heteroatoms. The maximum absolute atomic E-state index is 12.9. The van der Waals surface area contributed by atoms with Crippen molar-refractivity contribution < 1.29 is 4.79 Å². The van der Waals surface area contributed by atoms with Gasteiger partial charge in [0.25, 0.3) is 0 Å². The first kappa shape index (κ1) is 20.0. The average Bonchev–Trinajstić information content (AvgIpc) is 3.12. The van der Waals surface area contributed by atoms with Gasteiger partial charge in [-0.25, -0.2) is 0 Å². The molecule has 1 N–H and O–H groups in total. The number of hydrogen-bond acceptors (Lipinski definition) is 4. The van der Waals surface area contributed by atoms with Gasteiger partial charge in [-0.2, -0.15) is 0 Å². The Kier molecular flexibility index (Phi) is 5.38. The van der Waals surface area contributed by atoms with Gasteiger partial charge in [-0.05, 0) is 54.3 Å². The number of rotatable bonds is 4. The number of piperidine rings is 1. The maximum Gasteiger partial charge on any atom is 0.247 e. The van der Waals surface area contributed by atoms with Crippen LogP contribution in [0.4, 0.5) is 5.69 Å². The van der Waals surface area contributed by atoms with Crippen LogP contribution >= 0.6 is 11.6 Å². The topological polar surface area (TPSA) is 48.5 Å². The Morgan fingerprint density at radius 2 is 1.71 bits per heavy atom. The quantitative estimate of drug-likeness (QED) is 0.666. The molecular weight excluding hydrogens is 408 g/mol. The summed E-state index contributed by atoms with van der Waals surface area (Å²) in [5.74, 6) is 0.134. The molecule has 158 valence electrons. The van der Waals surface area contributed by atoms with E-state index < -0.39 is 5.54 Å². The molecule has 5 nitrogen and oxygen atoms in total. The number of aromatic nitrogens is 1. The van der Waals surface area contributed by atoms with Crippen LogP contribution in [0.1, 0.15) is 18.4 Å². The smallest absolute Gasteiger partial charge is 0.247 e. The van der Waals surface area contributed by atoms with Crippen LogP contribution < -0.4 is 10.2 Å². The molecule has 1 spiro atoms.